The molecule has 0 unspecified atom stereocenters. The van der Waals surface area contributed by atoms with Crippen LogP contribution in [-0.2, 0) is 20.9 Å². The molecule has 3 atom stereocenters. The number of thiazole rings is 1. The summed E-state index contributed by atoms with van der Waals surface area (Å²) in [6.45, 7) is 14.0. The zero-order chi connectivity index (χ0) is 29.4. The molecule has 3 amide bonds. The Morgan fingerprint density at radius 3 is 2.52 bits per heavy atom. The van der Waals surface area contributed by atoms with Crippen LogP contribution in [0.15, 0.2) is 23.7 Å². The van der Waals surface area contributed by atoms with Gasteiger partial charge in [0.1, 0.15) is 17.8 Å². The summed E-state index contributed by atoms with van der Waals surface area (Å²) < 4.78 is 20.5. The molecule has 218 valence electrons. The lowest BCUT2D eigenvalue weighted by molar-refractivity contribution is -0.144. The summed E-state index contributed by atoms with van der Waals surface area (Å²) in [4.78, 5) is 46.7. The van der Waals surface area contributed by atoms with Crippen molar-refractivity contribution in [3.63, 3.8) is 0 Å². The fourth-order valence-electron chi connectivity index (χ4n) is 5.03. The van der Waals surface area contributed by atoms with Crippen LogP contribution in [-0.4, -0.2) is 58.0 Å². The van der Waals surface area contributed by atoms with E-state index in [-0.39, 0.29) is 43.2 Å². The third-order valence-electron chi connectivity index (χ3n) is 7.47. The Kier molecular flexibility index (Phi) is 8.59. The van der Waals surface area contributed by atoms with Gasteiger partial charge in [-0.15, -0.1) is 11.3 Å². The number of carbonyl (C=O) groups is 3. The van der Waals surface area contributed by atoms with Crippen LogP contribution in [0.5, 0.6) is 5.75 Å². The van der Waals surface area contributed by atoms with Crippen LogP contribution >= 0.6 is 11.3 Å². The van der Waals surface area contributed by atoms with Gasteiger partial charge in [0, 0.05) is 18.7 Å². The molecule has 1 aliphatic carbocycles. The van der Waals surface area contributed by atoms with Crippen molar-refractivity contribution < 1.29 is 23.5 Å². The number of rotatable bonds is 9. The monoisotopic (exact) mass is 572 g/mol. The molecule has 1 saturated heterocycles. The molecule has 2 N–H and O–H groups in total. The van der Waals surface area contributed by atoms with E-state index >= 15 is 0 Å². The third kappa shape index (κ3) is 6.65. The summed E-state index contributed by atoms with van der Waals surface area (Å²) >= 11 is 1.57. The van der Waals surface area contributed by atoms with Gasteiger partial charge in [0.25, 0.3) is 5.91 Å². The Bertz CT molecular complexity index is 1270. The number of aromatic nitrogens is 1. The minimum absolute atomic E-state index is 0.0558. The van der Waals surface area contributed by atoms with Crippen molar-refractivity contribution >= 4 is 29.1 Å². The number of likely N-dealkylation sites (tertiary alicyclic amines) is 1. The van der Waals surface area contributed by atoms with E-state index in [1.54, 1.807) is 16.2 Å². The molecule has 40 heavy (non-hydrogen) atoms. The van der Waals surface area contributed by atoms with Gasteiger partial charge in [0.05, 0.1) is 22.2 Å². The van der Waals surface area contributed by atoms with Crippen LogP contribution < -0.4 is 15.4 Å². The number of hydrogen-bond acceptors (Lipinski definition) is 6. The van der Waals surface area contributed by atoms with E-state index in [9.17, 15) is 18.8 Å². The Hall–Kier alpha value is -3.01. The largest absolute Gasteiger partial charge is 0.491 e. The Morgan fingerprint density at radius 1 is 1.25 bits per heavy atom. The predicted octanol–water partition coefficient (Wildman–Crippen LogP) is 4.79. The summed E-state index contributed by atoms with van der Waals surface area (Å²) in [5.74, 6) is -0.581. The topological polar surface area (TPSA) is 101 Å². The van der Waals surface area contributed by atoms with Gasteiger partial charge in [0.2, 0.25) is 11.8 Å². The van der Waals surface area contributed by atoms with Crippen molar-refractivity contribution in [1.82, 2.24) is 20.5 Å². The number of amides is 3. The molecule has 0 radical (unpaired) electrons. The van der Waals surface area contributed by atoms with E-state index in [2.05, 4.69) is 15.6 Å². The van der Waals surface area contributed by atoms with Crippen LogP contribution in [0.1, 0.15) is 72.1 Å². The number of aryl methyl sites for hydroxylation is 1. The quantitative estimate of drug-likeness (QED) is 0.450. The average molecular weight is 573 g/mol. The molecule has 2 aliphatic rings. The van der Waals surface area contributed by atoms with E-state index < -0.39 is 29.1 Å². The van der Waals surface area contributed by atoms with Gasteiger partial charge in [-0.1, -0.05) is 39.8 Å². The number of benzene rings is 1. The molecule has 8 nitrogen and oxygen atoms in total. The van der Waals surface area contributed by atoms with Crippen molar-refractivity contribution in [2.24, 2.45) is 11.3 Å². The molecule has 0 spiro atoms. The summed E-state index contributed by atoms with van der Waals surface area (Å²) in [5.41, 5.74) is 2.05. The second kappa shape index (κ2) is 11.5. The molecule has 1 saturated carbocycles. The maximum Gasteiger partial charge on any atom is 0.258 e. The summed E-state index contributed by atoms with van der Waals surface area (Å²) in [6, 6.07) is 4.30. The van der Waals surface area contributed by atoms with E-state index in [1.165, 1.54) is 0 Å². The number of nitrogens with one attached hydrogen (secondary N) is 2. The van der Waals surface area contributed by atoms with Gasteiger partial charge < -0.3 is 20.3 Å². The Morgan fingerprint density at radius 2 is 1.95 bits per heavy atom. The van der Waals surface area contributed by atoms with Crippen molar-refractivity contribution in [2.45, 2.75) is 98.1 Å². The first-order valence-electron chi connectivity index (χ1n) is 14.0. The number of halogens is 1. The lowest BCUT2D eigenvalue weighted by Gasteiger charge is -2.35. The predicted molar refractivity (Wildman–Crippen MR) is 154 cm³/mol. The molecule has 2 aromatic rings. The average Bonchev–Trinajstić information content (AvgIpc) is 3.28. The van der Waals surface area contributed by atoms with E-state index in [1.807, 2.05) is 72.2 Å². The highest BCUT2D eigenvalue weighted by Gasteiger charge is 2.53. The second-order valence-electron chi connectivity index (χ2n) is 12.6. The highest BCUT2D eigenvalue weighted by atomic mass is 32.1. The third-order valence-corrected chi connectivity index (χ3v) is 8.45. The van der Waals surface area contributed by atoms with Crippen molar-refractivity contribution in [3.8, 4) is 16.2 Å². The summed E-state index contributed by atoms with van der Waals surface area (Å²) in [5, 5.41) is 5.67. The molecule has 2 fully saturated rings. The first-order valence-corrected chi connectivity index (χ1v) is 14.9. The standard InChI is InChI=1S/C30H41FN4O4S/c1-17(2)39-23-13-20(24-19(4)33-16-40-24)8-9-21(23)14-32-26(36)22-12-18(3)15-35(22)27(37)25(29(5,6)7)34-28(38)30(31)10-11-30/h8-9,13,16-18,22,25H,10-12,14-15H2,1-7H3,(H,32,36)(H,34,38)/t18-,22+,25-/m1/s1. The van der Waals surface area contributed by atoms with Crippen molar-refractivity contribution in [2.75, 3.05) is 6.54 Å². The van der Waals surface area contributed by atoms with Crippen LogP contribution in [0, 0.1) is 18.3 Å². The van der Waals surface area contributed by atoms with Crippen LogP contribution in [0.2, 0.25) is 0 Å². The molecule has 4 rings (SSSR count). The van der Waals surface area contributed by atoms with E-state index in [0.717, 1.165) is 21.7 Å². The van der Waals surface area contributed by atoms with Gasteiger partial charge >= 0.3 is 0 Å². The number of ether oxygens (including phenoxy) is 1. The lowest BCUT2D eigenvalue weighted by atomic mass is 9.85. The molecular formula is C30H41FN4O4S. The number of nitrogens with zero attached hydrogens (tertiary/aromatic N) is 2. The zero-order valence-corrected chi connectivity index (χ0v) is 25.3. The molecular weight excluding hydrogens is 531 g/mol. The van der Waals surface area contributed by atoms with Crippen LogP contribution in [0.25, 0.3) is 10.4 Å². The normalized spacial score (nSPS) is 20.8. The van der Waals surface area contributed by atoms with Crippen molar-refractivity contribution in [1.29, 1.82) is 0 Å². The highest BCUT2D eigenvalue weighted by Crippen LogP contribution is 2.40. The Balaban J connectivity index is 1.49. The summed E-state index contributed by atoms with van der Waals surface area (Å²) in [7, 11) is 0. The van der Waals surface area contributed by atoms with Gasteiger partial charge in [-0.05, 0) is 63.0 Å². The maximum absolute atomic E-state index is 14.4. The molecule has 1 aromatic carbocycles. The van der Waals surface area contributed by atoms with Crippen molar-refractivity contribution in [3.05, 3.63) is 35.0 Å². The van der Waals surface area contributed by atoms with Gasteiger partial charge in [-0.3, -0.25) is 14.4 Å². The number of hydrogen-bond donors (Lipinski definition) is 2. The fourth-order valence-corrected chi connectivity index (χ4v) is 5.84. The number of carbonyl (C=O) groups excluding carboxylic acids is 3. The SMILES string of the molecule is Cc1ncsc1-c1ccc(CNC(=O)[C@@H]2C[C@@H](C)CN2C(=O)[C@@H](NC(=O)C2(F)CC2)C(C)(C)C)c(OC(C)C)c1. The fraction of sp³-hybridized carbons (Fsp3) is 0.600. The van der Waals surface area contributed by atoms with Crippen LogP contribution in [0.4, 0.5) is 4.39 Å². The molecule has 1 aliphatic heterocycles. The van der Waals surface area contributed by atoms with Gasteiger partial charge in [0.15, 0.2) is 5.67 Å². The number of alkyl halides is 1. The minimum atomic E-state index is -1.89. The minimum Gasteiger partial charge on any atom is -0.491 e. The highest BCUT2D eigenvalue weighted by molar-refractivity contribution is 7.13. The molecule has 10 heteroatoms. The van der Waals surface area contributed by atoms with Gasteiger partial charge in [-0.25, -0.2) is 9.37 Å². The van der Waals surface area contributed by atoms with E-state index in [0.29, 0.717) is 18.7 Å². The first-order chi connectivity index (χ1) is 18.7. The van der Waals surface area contributed by atoms with Crippen LogP contribution in [0.3, 0.4) is 0 Å². The van der Waals surface area contributed by atoms with Gasteiger partial charge in [-0.2, -0.15) is 0 Å². The maximum atomic E-state index is 14.4. The zero-order valence-electron chi connectivity index (χ0n) is 24.5. The molecule has 0 bridgehead atoms. The Labute approximate surface area is 240 Å². The molecule has 2 heterocycles. The van der Waals surface area contributed by atoms with E-state index in [4.69, 9.17) is 4.74 Å². The second-order valence-corrected chi connectivity index (χ2v) is 13.4. The summed E-state index contributed by atoms with van der Waals surface area (Å²) in [6.07, 6.45) is 0.792. The smallest absolute Gasteiger partial charge is 0.258 e. The lowest BCUT2D eigenvalue weighted by Crippen LogP contribution is -2.58. The first kappa shape index (κ1) is 30.0. The molecule has 1 aromatic heterocycles.